The molecule has 13 unspecified atom stereocenters. The molecule has 64 heavy (non-hydrogen) atoms. The second-order valence-electron chi connectivity index (χ2n) is 20.3. The summed E-state index contributed by atoms with van der Waals surface area (Å²) < 4.78 is 11.9. The van der Waals surface area contributed by atoms with Crippen molar-refractivity contribution in [1.82, 2.24) is 10.6 Å². The van der Waals surface area contributed by atoms with Gasteiger partial charge >= 0.3 is 0 Å². The Hall–Kier alpha value is -3.29. The minimum Gasteiger partial charge on any atom is -0.396 e. The van der Waals surface area contributed by atoms with Crippen molar-refractivity contribution < 1.29 is 39.8 Å². The molecule has 1 aromatic rings. The monoisotopic (exact) mass is 883 g/mol. The first-order chi connectivity index (χ1) is 30.5. The molecule has 6 rings (SSSR count). The zero-order chi connectivity index (χ0) is 46.4. The molecular formula is C54H78N2O8. The molecule has 7 N–H and O–H groups in total. The molecule has 3 aliphatic carbocycles. The largest absolute Gasteiger partial charge is 0.396 e. The maximum atomic E-state index is 13.2. The van der Waals surface area contributed by atoms with Gasteiger partial charge in [-0.1, -0.05) is 104 Å². The van der Waals surface area contributed by atoms with Gasteiger partial charge in [-0.05, 0) is 144 Å². The van der Waals surface area contributed by atoms with E-state index in [0.29, 0.717) is 57.2 Å². The molecule has 5 aliphatic rings. The van der Waals surface area contributed by atoms with Crippen LogP contribution >= 0.6 is 0 Å². The summed E-state index contributed by atoms with van der Waals surface area (Å²) in [6, 6.07) is 8.67. The van der Waals surface area contributed by atoms with Crippen LogP contribution in [0.2, 0.25) is 0 Å². The number of hydrogen-bond acceptors (Lipinski definition) is 10. The first kappa shape index (κ1) is 50.1. The number of aldehydes is 1. The number of aliphatic hydroxyl groups excluding tert-OH is 4. The summed E-state index contributed by atoms with van der Waals surface area (Å²) in [7, 11) is 3.57. The predicted octanol–water partition coefficient (Wildman–Crippen LogP) is 6.84. The lowest BCUT2D eigenvalue weighted by molar-refractivity contribution is -0.195. The normalized spacial score (nSPS) is 37.7. The molecule has 1 spiro atoms. The molecule has 4 bridgehead atoms. The third-order valence-corrected chi connectivity index (χ3v) is 15.7. The van der Waals surface area contributed by atoms with E-state index in [0.717, 1.165) is 47.8 Å². The molecule has 2 fully saturated rings. The highest BCUT2D eigenvalue weighted by molar-refractivity contribution is 5.74. The van der Waals surface area contributed by atoms with Crippen molar-refractivity contribution in [1.29, 1.82) is 0 Å². The number of nitrogens with one attached hydrogen (secondary N) is 2. The highest BCUT2D eigenvalue weighted by Gasteiger charge is 2.69. The molecular weight excluding hydrogens is 805 g/mol. The molecule has 2 aliphatic heterocycles. The number of methoxy groups -OCH3 is 1. The van der Waals surface area contributed by atoms with Crippen molar-refractivity contribution in [3.05, 3.63) is 118 Å². The maximum absolute atomic E-state index is 13.2. The summed E-state index contributed by atoms with van der Waals surface area (Å²) in [4.78, 5) is 12.6. The first-order valence-electron chi connectivity index (χ1n) is 23.8. The Balaban J connectivity index is 1.39. The van der Waals surface area contributed by atoms with E-state index in [1.54, 1.807) is 7.11 Å². The summed E-state index contributed by atoms with van der Waals surface area (Å²) in [5.41, 5.74) is 3.85. The van der Waals surface area contributed by atoms with Crippen molar-refractivity contribution in [3.63, 3.8) is 0 Å². The van der Waals surface area contributed by atoms with Crippen molar-refractivity contribution in [2.45, 2.75) is 128 Å². The number of rotatable bonds is 15. The van der Waals surface area contributed by atoms with Gasteiger partial charge in [0.1, 0.15) is 18.6 Å². The van der Waals surface area contributed by atoms with Gasteiger partial charge in [-0.15, -0.1) is 0 Å². The molecule has 0 amide bonds. The smallest absolute Gasteiger partial charge is 0.162 e. The summed E-state index contributed by atoms with van der Waals surface area (Å²) in [5.74, 6) is -1.17. The lowest BCUT2D eigenvalue weighted by atomic mass is 9.45. The average molecular weight is 883 g/mol. The van der Waals surface area contributed by atoms with Crippen molar-refractivity contribution in [2.75, 3.05) is 33.9 Å². The highest BCUT2D eigenvalue weighted by Crippen LogP contribution is 2.67. The van der Waals surface area contributed by atoms with Crippen LogP contribution in [0, 0.1) is 46.8 Å². The van der Waals surface area contributed by atoms with E-state index < -0.39 is 41.7 Å². The average Bonchev–Trinajstić information content (AvgIpc) is 3.60. The van der Waals surface area contributed by atoms with E-state index in [1.807, 2.05) is 51.3 Å². The third-order valence-electron chi connectivity index (χ3n) is 15.7. The van der Waals surface area contributed by atoms with Gasteiger partial charge in [0.25, 0.3) is 0 Å². The molecule has 2 heterocycles. The van der Waals surface area contributed by atoms with Crippen molar-refractivity contribution in [3.8, 4) is 0 Å². The molecule has 10 heteroatoms. The van der Waals surface area contributed by atoms with E-state index >= 15 is 0 Å². The molecule has 2 saturated carbocycles. The van der Waals surface area contributed by atoms with Gasteiger partial charge in [-0.25, -0.2) is 0 Å². The van der Waals surface area contributed by atoms with E-state index in [2.05, 4.69) is 80.5 Å². The Labute approximate surface area is 383 Å². The molecule has 13 atom stereocenters. The van der Waals surface area contributed by atoms with Gasteiger partial charge in [0, 0.05) is 49.0 Å². The zero-order valence-corrected chi connectivity index (χ0v) is 39.5. The van der Waals surface area contributed by atoms with E-state index in [1.165, 1.54) is 11.1 Å². The Bertz CT molecular complexity index is 1980. The van der Waals surface area contributed by atoms with Crippen LogP contribution in [0.15, 0.2) is 107 Å². The Morgan fingerprint density at radius 3 is 2.58 bits per heavy atom. The number of carbonyl (C=O) groups excluding carboxylic acids is 1. The van der Waals surface area contributed by atoms with Gasteiger partial charge < -0.3 is 40.3 Å². The van der Waals surface area contributed by atoms with Crippen LogP contribution < -0.4 is 10.6 Å². The highest BCUT2D eigenvalue weighted by atomic mass is 16.6. The zero-order valence-electron chi connectivity index (χ0n) is 39.5. The Kier molecular flexibility index (Phi) is 16.9. The Morgan fingerprint density at radius 1 is 1.12 bits per heavy atom. The summed E-state index contributed by atoms with van der Waals surface area (Å²) in [6.07, 6.45) is 18.9. The molecule has 10 nitrogen and oxygen atoms in total. The lowest BCUT2D eigenvalue weighted by Gasteiger charge is -2.61. The Morgan fingerprint density at radius 2 is 1.89 bits per heavy atom. The summed E-state index contributed by atoms with van der Waals surface area (Å²) in [6.45, 7) is 15.7. The van der Waals surface area contributed by atoms with Crippen molar-refractivity contribution >= 4 is 6.29 Å². The molecule has 1 aromatic carbocycles. The van der Waals surface area contributed by atoms with Gasteiger partial charge in [-0.2, -0.15) is 0 Å². The van der Waals surface area contributed by atoms with E-state index in [9.17, 15) is 30.3 Å². The first-order valence-corrected chi connectivity index (χ1v) is 23.8. The van der Waals surface area contributed by atoms with Crippen LogP contribution in [0.4, 0.5) is 0 Å². The summed E-state index contributed by atoms with van der Waals surface area (Å²) >= 11 is 0. The van der Waals surface area contributed by atoms with Gasteiger partial charge in [0.2, 0.25) is 0 Å². The van der Waals surface area contributed by atoms with Crippen LogP contribution in [-0.4, -0.2) is 102 Å². The predicted molar refractivity (Wildman–Crippen MR) is 254 cm³/mol. The van der Waals surface area contributed by atoms with Gasteiger partial charge in [0.05, 0.1) is 11.7 Å². The van der Waals surface area contributed by atoms with Gasteiger partial charge in [-0.3, -0.25) is 10.1 Å². The summed E-state index contributed by atoms with van der Waals surface area (Å²) in [5, 5.41) is 66.1. The number of fused-ring (bicyclic) bond motifs is 5. The second kappa shape index (κ2) is 21.6. The van der Waals surface area contributed by atoms with E-state index in [4.69, 9.17) is 9.47 Å². The minimum absolute atomic E-state index is 0.0241. The molecule has 0 saturated heterocycles. The fraction of sp³-hybridized carbons (Fsp3) is 0.611. The van der Waals surface area contributed by atoms with Crippen LogP contribution in [0.3, 0.4) is 0 Å². The number of carbonyl (C=O) groups is 1. The minimum atomic E-state index is -1.28. The topological polar surface area (TPSA) is 161 Å². The number of ether oxygens (including phenoxy) is 2. The number of aliphatic hydroxyl groups is 5. The second-order valence-corrected chi connectivity index (χ2v) is 20.3. The third kappa shape index (κ3) is 10.5. The van der Waals surface area contributed by atoms with E-state index in [-0.39, 0.29) is 47.7 Å². The number of hydrogen-bond donors (Lipinski definition) is 7. The molecule has 0 radical (unpaired) electrons. The SMILES string of the molecule is C=C(C=CC=C(C1C=CC(C(C)C)C(O)O1)C1CCC2(C1O)C1C(=C(C)C=O)C(C=CC1CCO)CC2(O)CCNC)C1CC=C(C)C(O)NC(C)(CCOC)Cc2cccc(c2)C1. The fourth-order valence-corrected chi connectivity index (χ4v) is 12.2. The van der Waals surface area contributed by atoms with Crippen LogP contribution in [-0.2, 0) is 27.1 Å². The maximum Gasteiger partial charge on any atom is 0.162 e. The number of allylic oxidation sites excluding steroid dienone is 9. The van der Waals surface area contributed by atoms with Crippen molar-refractivity contribution in [2.24, 2.45) is 46.8 Å². The van der Waals surface area contributed by atoms with Crippen LogP contribution in [0.1, 0.15) is 90.7 Å². The molecule has 352 valence electrons. The van der Waals surface area contributed by atoms with Gasteiger partial charge in [0.15, 0.2) is 6.29 Å². The molecule has 0 aromatic heterocycles. The lowest BCUT2D eigenvalue weighted by Crippen LogP contribution is -2.65. The quantitative estimate of drug-likeness (QED) is 0.0430. The fourth-order valence-electron chi connectivity index (χ4n) is 12.2. The number of benzene rings is 1. The standard InChI is InChI=1S/C54H78N2O8/c1-34(2)43-19-20-46(64-51(43)61)44(14-9-11-35(3)41-16-15-36(4)50(60)56-52(6,25-28-63-8)31-39-13-10-12-38(29-39)30-41)45-21-23-54(49(45)59)48-40(22-27-57)17-18-42(47(48)37(5)33-58)32-53(54,62)24-26-55-7/h9-15,17-20,29,33-34,40-43,45-46,48-51,55-57,59-62H,3,16,21-28,30-32H2,1-2,4-8H3. The van der Waals surface area contributed by atoms with Crippen LogP contribution in [0.25, 0.3) is 0 Å². The van der Waals surface area contributed by atoms with Crippen LogP contribution in [0.5, 0.6) is 0 Å².